The summed E-state index contributed by atoms with van der Waals surface area (Å²) in [4.78, 5) is 39.3. The van der Waals surface area contributed by atoms with E-state index in [2.05, 4.69) is 16.0 Å². The topological polar surface area (TPSA) is 109 Å². The molecule has 0 spiro atoms. The first kappa shape index (κ1) is 24.5. The predicted octanol–water partition coefficient (Wildman–Crippen LogP) is 3.38. The Kier molecular flexibility index (Phi) is 7.50. The number of fused-ring (bicyclic) bond motifs is 2. The number of benzene rings is 2. The highest BCUT2D eigenvalue weighted by molar-refractivity contribution is 6.02. The molecule has 10 heteroatoms. The third-order valence-corrected chi connectivity index (χ3v) is 6.14. The fraction of sp³-hybridized carbons (Fsp3) is 0.400. The van der Waals surface area contributed by atoms with Crippen LogP contribution in [0.15, 0.2) is 42.5 Å². The second-order valence-electron chi connectivity index (χ2n) is 8.63. The number of hydrogen-bond acceptors (Lipinski definition) is 5. The van der Waals surface area contributed by atoms with Gasteiger partial charge in [-0.3, -0.25) is 9.59 Å². The minimum Gasteiger partial charge on any atom is -0.490 e. The number of nitrogens with one attached hydrogen (secondary N) is 3. The predicted molar refractivity (Wildman–Crippen MR) is 128 cm³/mol. The van der Waals surface area contributed by atoms with Gasteiger partial charge in [0.15, 0.2) is 0 Å². The molecule has 0 aromatic heterocycles. The molecule has 0 radical (unpaired) electrons. The van der Waals surface area contributed by atoms with E-state index in [0.717, 1.165) is 0 Å². The van der Waals surface area contributed by atoms with Crippen LogP contribution in [0.25, 0.3) is 0 Å². The van der Waals surface area contributed by atoms with Crippen molar-refractivity contribution in [1.29, 1.82) is 0 Å². The van der Waals surface area contributed by atoms with Crippen molar-refractivity contribution in [2.75, 3.05) is 30.8 Å². The van der Waals surface area contributed by atoms with Crippen LogP contribution < -0.4 is 20.7 Å². The molecule has 4 rings (SSSR count). The summed E-state index contributed by atoms with van der Waals surface area (Å²) in [6.07, 6.45) is 1.03. The van der Waals surface area contributed by atoms with Crippen LogP contribution in [0.2, 0.25) is 0 Å². The minimum absolute atomic E-state index is 0.0565. The molecule has 186 valence electrons. The quantitative estimate of drug-likeness (QED) is 0.603. The summed E-state index contributed by atoms with van der Waals surface area (Å²) < 4.78 is 25.4. The molecule has 35 heavy (non-hydrogen) atoms. The zero-order valence-electron chi connectivity index (χ0n) is 19.7. The Morgan fingerprint density at radius 2 is 1.89 bits per heavy atom. The van der Waals surface area contributed by atoms with Gasteiger partial charge in [0, 0.05) is 25.0 Å². The van der Waals surface area contributed by atoms with Crippen LogP contribution in [-0.4, -0.2) is 61.2 Å². The fourth-order valence-corrected chi connectivity index (χ4v) is 4.44. The normalized spacial score (nSPS) is 21.5. The number of hydrogen-bond donors (Lipinski definition) is 3. The van der Waals surface area contributed by atoms with Gasteiger partial charge < -0.3 is 30.3 Å². The highest BCUT2D eigenvalue weighted by Crippen LogP contribution is 2.32. The van der Waals surface area contributed by atoms with Crippen LogP contribution in [0.5, 0.6) is 5.75 Å². The zero-order valence-corrected chi connectivity index (χ0v) is 19.7. The van der Waals surface area contributed by atoms with Crippen LogP contribution in [0.1, 0.15) is 36.5 Å². The number of likely N-dealkylation sites (N-methyl/N-ethyl adjacent to an activating group) is 1. The Bertz CT molecular complexity index is 1110. The number of urea groups is 1. The smallest absolute Gasteiger partial charge is 0.323 e. The van der Waals surface area contributed by atoms with Crippen molar-refractivity contribution in [2.45, 2.75) is 44.4 Å². The highest BCUT2D eigenvalue weighted by Gasteiger charge is 2.39. The summed E-state index contributed by atoms with van der Waals surface area (Å²) in [5.74, 6) is -0.394. The van der Waals surface area contributed by atoms with Crippen LogP contribution in [0.3, 0.4) is 0 Å². The molecule has 0 unspecified atom stereocenters. The molecule has 2 aromatic rings. The van der Waals surface area contributed by atoms with E-state index in [4.69, 9.17) is 9.47 Å². The van der Waals surface area contributed by atoms with Gasteiger partial charge in [-0.1, -0.05) is 6.07 Å². The number of halogens is 1. The lowest BCUT2D eigenvalue weighted by Crippen LogP contribution is -2.54. The average molecular weight is 485 g/mol. The van der Waals surface area contributed by atoms with Gasteiger partial charge in [-0.05, 0) is 56.2 Å². The molecule has 1 fully saturated rings. The Morgan fingerprint density at radius 3 is 2.63 bits per heavy atom. The van der Waals surface area contributed by atoms with Crippen LogP contribution in [-0.2, 0) is 9.53 Å². The molecule has 0 bridgehead atoms. The average Bonchev–Trinajstić information content (AvgIpc) is 2.82. The monoisotopic (exact) mass is 484 g/mol. The first-order chi connectivity index (χ1) is 16.8. The van der Waals surface area contributed by atoms with Gasteiger partial charge in [0.2, 0.25) is 5.91 Å². The Hall–Kier alpha value is -3.66. The molecule has 2 aliphatic heterocycles. The first-order valence-electron chi connectivity index (χ1n) is 11.6. The lowest BCUT2D eigenvalue weighted by atomic mass is 9.94. The van der Waals surface area contributed by atoms with Gasteiger partial charge in [-0.2, -0.15) is 0 Å². The maximum atomic E-state index is 13.4. The number of carbonyl (C=O) groups excluding carboxylic acids is 3. The Labute approximate surface area is 203 Å². The van der Waals surface area contributed by atoms with Crippen molar-refractivity contribution in [3.63, 3.8) is 0 Å². The molecule has 0 saturated carbocycles. The first-order valence-corrected chi connectivity index (χ1v) is 11.6. The molecule has 2 aliphatic rings. The molecule has 3 N–H and O–H groups in total. The van der Waals surface area contributed by atoms with Gasteiger partial charge in [0.1, 0.15) is 24.3 Å². The summed E-state index contributed by atoms with van der Waals surface area (Å²) in [5, 5.41) is 8.00. The number of rotatable bonds is 5. The van der Waals surface area contributed by atoms with Crippen molar-refractivity contribution < 1.29 is 28.2 Å². The van der Waals surface area contributed by atoms with E-state index in [9.17, 15) is 18.8 Å². The van der Waals surface area contributed by atoms with Crippen molar-refractivity contribution in [2.24, 2.45) is 0 Å². The van der Waals surface area contributed by atoms with E-state index >= 15 is 0 Å². The van der Waals surface area contributed by atoms with Gasteiger partial charge in [-0.15, -0.1) is 0 Å². The molecular formula is C25H29FN4O5. The maximum Gasteiger partial charge on any atom is 0.323 e. The number of carbonyl (C=O) groups is 3. The molecule has 3 atom stereocenters. The summed E-state index contributed by atoms with van der Waals surface area (Å²) in [6, 6.07) is 9.58. The van der Waals surface area contributed by atoms with Crippen molar-refractivity contribution >= 4 is 29.2 Å². The Balaban J connectivity index is 1.45. The van der Waals surface area contributed by atoms with Crippen molar-refractivity contribution in [3.05, 3.63) is 53.8 Å². The third kappa shape index (κ3) is 5.89. The molecule has 2 heterocycles. The van der Waals surface area contributed by atoms with E-state index in [0.29, 0.717) is 42.1 Å². The minimum atomic E-state index is -0.568. The molecular weight excluding hydrogens is 455 g/mol. The maximum absolute atomic E-state index is 13.4. The molecule has 1 saturated heterocycles. The van der Waals surface area contributed by atoms with Crippen LogP contribution >= 0.6 is 0 Å². The molecule has 4 amide bonds. The second kappa shape index (κ2) is 10.7. The lowest BCUT2D eigenvalue weighted by Gasteiger charge is -2.42. The van der Waals surface area contributed by atoms with E-state index in [-0.39, 0.29) is 43.1 Å². The molecule has 9 nitrogen and oxygen atoms in total. The van der Waals surface area contributed by atoms with Crippen LogP contribution in [0.4, 0.5) is 20.6 Å². The zero-order chi connectivity index (χ0) is 24.9. The summed E-state index contributed by atoms with van der Waals surface area (Å²) in [7, 11) is 1.72. The lowest BCUT2D eigenvalue weighted by molar-refractivity contribution is -0.133. The second-order valence-corrected chi connectivity index (χ2v) is 8.63. The van der Waals surface area contributed by atoms with E-state index in [1.54, 1.807) is 36.2 Å². The largest absolute Gasteiger partial charge is 0.490 e. The van der Waals surface area contributed by atoms with Gasteiger partial charge >= 0.3 is 6.03 Å². The standard InChI is InChI=1S/C25H29FN4O5/c1-3-27-23(31)13-18-8-9-20-22(35-18)14-34-21-10-7-17(12-19(21)24(32)30(20)2)29-25(33)28-16-6-4-5-15(26)11-16/h4-7,10-12,18,20,22H,3,8-9,13-14H2,1-2H3,(H,27,31)(H2,28,29,33)/t18-,20+,22+/m0/s1. The van der Waals surface area contributed by atoms with Crippen molar-refractivity contribution in [3.8, 4) is 5.75 Å². The number of amides is 4. The van der Waals surface area contributed by atoms with Gasteiger partial charge in [0.25, 0.3) is 5.91 Å². The van der Waals surface area contributed by atoms with E-state index in [1.165, 1.54) is 18.2 Å². The summed E-state index contributed by atoms with van der Waals surface area (Å²) in [5.41, 5.74) is 1.02. The Morgan fingerprint density at radius 1 is 1.11 bits per heavy atom. The van der Waals surface area contributed by atoms with E-state index < -0.39 is 11.8 Å². The third-order valence-electron chi connectivity index (χ3n) is 6.14. The SMILES string of the molecule is CCNC(=O)C[C@@H]1CC[C@@H]2[C@@H](COc3ccc(NC(=O)Nc4cccc(F)c4)cc3C(=O)N2C)O1. The van der Waals surface area contributed by atoms with E-state index in [1.807, 2.05) is 6.92 Å². The number of nitrogens with zero attached hydrogens (tertiary/aromatic N) is 1. The number of anilines is 2. The number of ether oxygens (including phenoxy) is 2. The summed E-state index contributed by atoms with van der Waals surface area (Å²) >= 11 is 0. The highest BCUT2D eigenvalue weighted by atomic mass is 19.1. The molecule has 0 aliphatic carbocycles. The van der Waals surface area contributed by atoms with Gasteiger partial charge in [0.05, 0.1) is 24.1 Å². The molecule has 2 aromatic carbocycles. The van der Waals surface area contributed by atoms with Crippen molar-refractivity contribution in [1.82, 2.24) is 10.2 Å². The fourth-order valence-electron chi connectivity index (χ4n) is 4.44. The summed E-state index contributed by atoms with van der Waals surface area (Å²) in [6.45, 7) is 2.67. The van der Waals surface area contributed by atoms with Gasteiger partial charge in [-0.25, -0.2) is 9.18 Å². The van der Waals surface area contributed by atoms with Crippen LogP contribution in [0, 0.1) is 5.82 Å².